The summed E-state index contributed by atoms with van der Waals surface area (Å²) in [5.41, 5.74) is 2.60. The molecule has 0 aromatic carbocycles. The third-order valence-electron chi connectivity index (χ3n) is 3.49. The number of aryl methyl sites for hydroxylation is 1. The summed E-state index contributed by atoms with van der Waals surface area (Å²) >= 11 is 1.73. The molecule has 0 amide bonds. The molecule has 2 aromatic rings. The minimum atomic E-state index is 0.770. The molecule has 90 valence electrons. The fraction of sp³-hybridized carbons (Fsp3) is 0.538. The molecule has 0 N–H and O–H groups in total. The van der Waals surface area contributed by atoms with Crippen molar-refractivity contribution in [1.82, 2.24) is 14.8 Å². The van der Waals surface area contributed by atoms with Crippen molar-refractivity contribution in [2.75, 3.05) is 0 Å². The summed E-state index contributed by atoms with van der Waals surface area (Å²) in [4.78, 5) is 4.57. The Morgan fingerprint density at radius 1 is 1.47 bits per heavy atom. The van der Waals surface area contributed by atoms with E-state index in [4.69, 9.17) is 0 Å². The number of thiazole rings is 1. The summed E-state index contributed by atoms with van der Waals surface area (Å²) in [5.74, 6) is 0.770. The molecule has 1 fully saturated rings. The van der Waals surface area contributed by atoms with Crippen LogP contribution in [0.1, 0.15) is 48.4 Å². The molecule has 0 aliphatic heterocycles. The quantitative estimate of drug-likeness (QED) is 0.830. The standard InChI is InChI=1S/C13H17N3S/c1-2-12-9-17-13(15-12)8-16-7-11(6-14-16)10-4-3-5-10/h6-7,9-10H,2-5,8H2,1H3. The second-order valence-electron chi connectivity index (χ2n) is 4.69. The van der Waals surface area contributed by atoms with Crippen LogP contribution in [0, 0.1) is 0 Å². The van der Waals surface area contributed by atoms with Crippen LogP contribution in [0.4, 0.5) is 0 Å². The van der Waals surface area contributed by atoms with E-state index in [0.717, 1.165) is 23.9 Å². The fourth-order valence-electron chi connectivity index (χ4n) is 2.14. The van der Waals surface area contributed by atoms with Gasteiger partial charge in [-0.05, 0) is 30.7 Å². The van der Waals surface area contributed by atoms with Crippen LogP contribution in [0.5, 0.6) is 0 Å². The van der Waals surface area contributed by atoms with Gasteiger partial charge in [0.05, 0.1) is 18.4 Å². The van der Waals surface area contributed by atoms with E-state index in [9.17, 15) is 0 Å². The molecular formula is C13H17N3S. The Balaban J connectivity index is 1.69. The van der Waals surface area contributed by atoms with E-state index in [0.29, 0.717) is 0 Å². The molecule has 2 heterocycles. The van der Waals surface area contributed by atoms with Gasteiger partial charge < -0.3 is 0 Å². The van der Waals surface area contributed by atoms with Crippen molar-refractivity contribution < 1.29 is 0 Å². The predicted octanol–water partition coefficient (Wildman–Crippen LogP) is 3.22. The van der Waals surface area contributed by atoms with Crippen molar-refractivity contribution in [2.45, 2.75) is 45.1 Å². The monoisotopic (exact) mass is 247 g/mol. The second kappa shape index (κ2) is 4.61. The van der Waals surface area contributed by atoms with Crippen molar-refractivity contribution >= 4 is 11.3 Å². The summed E-state index contributed by atoms with van der Waals surface area (Å²) in [6, 6.07) is 0. The summed E-state index contributed by atoms with van der Waals surface area (Å²) in [6.45, 7) is 2.96. The van der Waals surface area contributed by atoms with E-state index in [1.165, 1.54) is 30.5 Å². The summed E-state index contributed by atoms with van der Waals surface area (Å²) in [6.07, 6.45) is 9.28. The smallest absolute Gasteiger partial charge is 0.114 e. The van der Waals surface area contributed by atoms with Crippen molar-refractivity contribution in [3.8, 4) is 0 Å². The van der Waals surface area contributed by atoms with Gasteiger partial charge in [0, 0.05) is 11.6 Å². The maximum absolute atomic E-state index is 4.57. The first-order chi connectivity index (χ1) is 8.35. The van der Waals surface area contributed by atoms with E-state index < -0.39 is 0 Å². The maximum Gasteiger partial charge on any atom is 0.114 e. The highest BCUT2D eigenvalue weighted by Crippen LogP contribution is 2.35. The van der Waals surface area contributed by atoms with Crippen LogP contribution < -0.4 is 0 Å². The van der Waals surface area contributed by atoms with Gasteiger partial charge >= 0.3 is 0 Å². The Hall–Kier alpha value is -1.16. The minimum Gasteiger partial charge on any atom is -0.266 e. The molecule has 0 radical (unpaired) electrons. The lowest BCUT2D eigenvalue weighted by atomic mass is 9.81. The summed E-state index contributed by atoms with van der Waals surface area (Å²) in [7, 11) is 0. The maximum atomic E-state index is 4.57. The SMILES string of the molecule is CCc1csc(Cn2cc(C3CCC3)cn2)n1. The molecule has 0 bridgehead atoms. The molecule has 1 aliphatic rings. The van der Waals surface area contributed by atoms with Crippen LogP contribution in [0.2, 0.25) is 0 Å². The second-order valence-corrected chi connectivity index (χ2v) is 5.63. The van der Waals surface area contributed by atoms with E-state index >= 15 is 0 Å². The number of hydrogen-bond donors (Lipinski definition) is 0. The van der Waals surface area contributed by atoms with E-state index in [2.05, 4.69) is 28.6 Å². The van der Waals surface area contributed by atoms with Gasteiger partial charge in [-0.25, -0.2) is 4.98 Å². The van der Waals surface area contributed by atoms with Crippen LogP contribution >= 0.6 is 11.3 Å². The Bertz CT molecular complexity index is 496. The van der Waals surface area contributed by atoms with Gasteiger partial charge in [0.25, 0.3) is 0 Å². The zero-order valence-electron chi connectivity index (χ0n) is 10.1. The molecule has 17 heavy (non-hydrogen) atoms. The zero-order valence-corrected chi connectivity index (χ0v) is 10.9. The zero-order chi connectivity index (χ0) is 11.7. The normalized spacial score (nSPS) is 16.1. The first-order valence-corrected chi connectivity index (χ1v) is 7.18. The molecule has 4 heteroatoms. The van der Waals surface area contributed by atoms with Crippen molar-refractivity contribution in [3.63, 3.8) is 0 Å². The van der Waals surface area contributed by atoms with E-state index in [-0.39, 0.29) is 0 Å². The lowest BCUT2D eigenvalue weighted by molar-refractivity contribution is 0.419. The highest BCUT2D eigenvalue weighted by molar-refractivity contribution is 7.09. The first-order valence-electron chi connectivity index (χ1n) is 6.31. The number of aromatic nitrogens is 3. The highest BCUT2D eigenvalue weighted by atomic mass is 32.1. The van der Waals surface area contributed by atoms with Crippen LogP contribution in [-0.2, 0) is 13.0 Å². The van der Waals surface area contributed by atoms with Crippen molar-refractivity contribution in [2.24, 2.45) is 0 Å². The van der Waals surface area contributed by atoms with Crippen molar-refractivity contribution in [3.05, 3.63) is 34.0 Å². The lowest BCUT2D eigenvalue weighted by Crippen LogP contribution is -2.07. The van der Waals surface area contributed by atoms with Gasteiger partial charge in [-0.15, -0.1) is 11.3 Å². The minimum absolute atomic E-state index is 0.770. The molecule has 3 rings (SSSR count). The number of rotatable bonds is 4. The van der Waals surface area contributed by atoms with E-state index in [1.807, 2.05) is 10.9 Å². The lowest BCUT2D eigenvalue weighted by Gasteiger charge is -2.23. The van der Waals surface area contributed by atoms with Crippen LogP contribution in [0.3, 0.4) is 0 Å². The summed E-state index contributed by atoms with van der Waals surface area (Å²) < 4.78 is 2.02. The van der Waals surface area contributed by atoms with Gasteiger partial charge in [-0.2, -0.15) is 5.10 Å². The average Bonchev–Trinajstić information content (AvgIpc) is 2.86. The molecular weight excluding hydrogens is 230 g/mol. The van der Waals surface area contributed by atoms with Crippen molar-refractivity contribution in [1.29, 1.82) is 0 Å². The molecule has 0 unspecified atom stereocenters. The van der Waals surface area contributed by atoms with Gasteiger partial charge in [0.15, 0.2) is 0 Å². The third-order valence-corrected chi connectivity index (χ3v) is 4.37. The average molecular weight is 247 g/mol. The fourth-order valence-corrected chi connectivity index (χ4v) is 3.01. The van der Waals surface area contributed by atoms with Gasteiger partial charge in [-0.1, -0.05) is 13.3 Å². The molecule has 2 aromatic heterocycles. The summed E-state index contributed by atoms with van der Waals surface area (Å²) in [5, 5.41) is 7.73. The predicted molar refractivity (Wildman–Crippen MR) is 69.4 cm³/mol. The Morgan fingerprint density at radius 2 is 2.35 bits per heavy atom. The highest BCUT2D eigenvalue weighted by Gasteiger charge is 2.20. The van der Waals surface area contributed by atoms with Gasteiger partial charge in [-0.3, -0.25) is 4.68 Å². The largest absolute Gasteiger partial charge is 0.266 e. The third kappa shape index (κ3) is 2.27. The molecule has 0 saturated heterocycles. The van der Waals surface area contributed by atoms with Crippen LogP contribution in [0.25, 0.3) is 0 Å². The molecule has 0 spiro atoms. The number of nitrogens with zero attached hydrogens (tertiary/aromatic N) is 3. The molecule has 1 saturated carbocycles. The first kappa shape index (κ1) is 11.0. The van der Waals surface area contributed by atoms with Gasteiger partial charge in [0.1, 0.15) is 5.01 Å². The van der Waals surface area contributed by atoms with E-state index in [1.54, 1.807) is 11.3 Å². The van der Waals surface area contributed by atoms with Crippen LogP contribution in [-0.4, -0.2) is 14.8 Å². The Morgan fingerprint density at radius 3 is 3.00 bits per heavy atom. The molecule has 0 atom stereocenters. The molecule has 1 aliphatic carbocycles. The topological polar surface area (TPSA) is 30.7 Å². The van der Waals surface area contributed by atoms with Crippen LogP contribution in [0.15, 0.2) is 17.8 Å². The molecule has 3 nitrogen and oxygen atoms in total. The Kier molecular flexibility index (Phi) is 2.97. The Labute approximate surface area is 106 Å². The van der Waals surface area contributed by atoms with Gasteiger partial charge in [0.2, 0.25) is 0 Å². The number of hydrogen-bond acceptors (Lipinski definition) is 3.